The second-order valence-corrected chi connectivity index (χ2v) is 11.5. The van der Waals surface area contributed by atoms with Crippen LogP contribution in [-0.4, -0.2) is 46.8 Å². The third-order valence-electron chi connectivity index (χ3n) is 7.17. The van der Waals surface area contributed by atoms with E-state index in [1.807, 2.05) is 24.3 Å². The summed E-state index contributed by atoms with van der Waals surface area (Å²) >= 11 is 2.11. The fourth-order valence-corrected chi connectivity index (χ4v) is 5.92. The summed E-state index contributed by atoms with van der Waals surface area (Å²) in [6, 6.07) is 14.5. The van der Waals surface area contributed by atoms with Crippen molar-refractivity contribution >= 4 is 11.8 Å². The predicted octanol–water partition coefficient (Wildman–Crippen LogP) is 8.94. The molecule has 1 aromatic heterocycles. The van der Waals surface area contributed by atoms with E-state index in [-0.39, 0.29) is 11.5 Å². The molecule has 4 nitrogen and oxygen atoms in total. The average molecular weight is 538 g/mol. The molecule has 0 atom stereocenters. The Labute approximate surface area is 234 Å². The standard InChI is InChI=1S/C33H47NO3S/c1-4-6-11-24-38-25-12-23-34(3)22-10-8-7-9-13-31-30(5-2)32(26-14-18-28(35)19-15-26)37-33(31)27-16-20-29(36)21-17-27/h14-21,35-36H,4-13,22-25H2,1-3H3. The Balaban J connectivity index is 1.52. The molecule has 3 aromatic rings. The molecule has 0 spiro atoms. The van der Waals surface area contributed by atoms with Gasteiger partial charge in [-0.2, -0.15) is 11.8 Å². The van der Waals surface area contributed by atoms with Crippen molar-refractivity contribution in [1.29, 1.82) is 0 Å². The number of phenols is 2. The van der Waals surface area contributed by atoms with Gasteiger partial charge in [-0.05, 0) is 119 Å². The summed E-state index contributed by atoms with van der Waals surface area (Å²) in [6.07, 6.45) is 12.0. The van der Waals surface area contributed by atoms with Gasteiger partial charge in [-0.1, -0.05) is 39.5 Å². The van der Waals surface area contributed by atoms with Gasteiger partial charge in [-0.25, -0.2) is 0 Å². The SMILES string of the molecule is CCCCCSCCCN(C)CCCCCCc1c(-c2ccc(O)cc2)oc(-c2ccc(O)cc2)c1CC. The van der Waals surface area contributed by atoms with E-state index in [0.717, 1.165) is 41.9 Å². The Kier molecular flexibility index (Phi) is 13.2. The Bertz CT molecular complexity index is 1060. The van der Waals surface area contributed by atoms with Crippen LogP contribution in [0.2, 0.25) is 0 Å². The Morgan fingerprint density at radius 1 is 0.658 bits per heavy atom. The molecule has 5 heteroatoms. The number of aromatic hydroxyl groups is 2. The van der Waals surface area contributed by atoms with Gasteiger partial charge in [-0.3, -0.25) is 0 Å². The molecule has 0 aliphatic carbocycles. The van der Waals surface area contributed by atoms with E-state index in [1.54, 1.807) is 24.3 Å². The summed E-state index contributed by atoms with van der Waals surface area (Å²) in [5, 5.41) is 19.5. The molecule has 0 aliphatic rings. The first kappa shape index (κ1) is 30.2. The van der Waals surface area contributed by atoms with Gasteiger partial charge in [0, 0.05) is 22.3 Å². The van der Waals surface area contributed by atoms with Crippen LogP contribution < -0.4 is 0 Å². The number of thioether (sulfide) groups is 1. The van der Waals surface area contributed by atoms with E-state index in [2.05, 4.69) is 37.6 Å². The van der Waals surface area contributed by atoms with E-state index >= 15 is 0 Å². The molecule has 0 bridgehead atoms. The molecule has 0 amide bonds. The van der Waals surface area contributed by atoms with Gasteiger partial charge in [0.25, 0.3) is 0 Å². The molecule has 0 saturated heterocycles. The van der Waals surface area contributed by atoms with Crippen LogP contribution >= 0.6 is 11.8 Å². The highest BCUT2D eigenvalue weighted by atomic mass is 32.2. The highest BCUT2D eigenvalue weighted by Gasteiger charge is 2.21. The second kappa shape index (κ2) is 16.6. The van der Waals surface area contributed by atoms with E-state index in [0.29, 0.717) is 0 Å². The lowest BCUT2D eigenvalue weighted by Crippen LogP contribution is -2.21. The van der Waals surface area contributed by atoms with Gasteiger partial charge < -0.3 is 19.5 Å². The normalized spacial score (nSPS) is 11.5. The summed E-state index contributed by atoms with van der Waals surface area (Å²) < 4.78 is 6.50. The largest absolute Gasteiger partial charge is 0.508 e. The highest BCUT2D eigenvalue weighted by molar-refractivity contribution is 7.99. The first-order valence-electron chi connectivity index (χ1n) is 14.5. The first-order valence-corrected chi connectivity index (χ1v) is 15.7. The van der Waals surface area contributed by atoms with E-state index in [1.165, 1.54) is 80.7 Å². The van der Waals surface area contributed by atoms with Crippen LogP contribution in [0.5, 0.6) is 11.5 Å². The Hall–Kier alpha value is -2.37. The maximum Gasteiger partial charge on any atom is 0.138 e. The van der Waals surface area contributed by atoms with Crippen molar-refractivity contribution in [2.75, 3.05) is 31.6 Å². The van der Waals surface area contributed by atoms with E-state index in [4.69, 9.17) is 4.42 Å². The zero-order valence-corrected chi connectivity index (χ0v) is 24.5. The van der Waals surface area contributed by atoms with Crippen LogP contribution in [-0.2, 0) is 12.8 Å². The lowest BCUT2D eigenvalue weighted by atomic mass is 9.95. The van der Waals surface area contributed by atoms with E-state index in [9.17, 15) is 10.2 Å². The molecular formula is C33H47NO3S. The maximum atomic E-state index is 9.79. The molecular weight excluding hydrogens is 490 g/mol. The molecule has 0 aliphatic heterocycles. The summed E-state index contributed by atoms with van der Waals surface area (Å²) in [4.78, 5) is 2.49. The molecule has 2 aromatic carbocycles. The van der Waals surface area contributed by atoms with Gasteiger partial charge >= 0.3 is 0 Å². The van der Waals surface area contributed by atoms with Crippen LogP contribution in [0.3, 0.4) is 0 Å². The number of furan rings is 1. The molecule has 0 radical (unpaired) electrons. The van der Waals surface area contributed by atoms with Crippen LogP contribution in [0.4, 0.5) is 0 Å². The second-order valence-electron chi connectivity index (χ2n) is 10.3. The quantitative estimate of drug-likeness (QED) is 0.159. The molecule has 38 heavy (non-hydrogen) atoms. The average Bonchev–Trinajstić information content (AvgIpc) is 3.29. The third-order valence-corrected chi connectivity index (χ3v) is 8.32. The van der Waals surface area contributed by atoms with Crippen molar-refractivity contribution < 1.29 is 14.6 Å². The van der Waals surface area contributed by atoms with Gasteiger partial charge in [0.15, 0.2) is 0 Å². The monoisotopic (exact) mass is 537 g/mol. The van der Waals surface area contributed by atoms with Crippen LogP contribution in [0.15, 0.2) is 52.9 Å². The predicted molar refractivity (Wildman–Crippen MR) is 163 cm³/mol. The van der Waals surface area contributed by atoms with Crippen molar-refractivity contribution in [1.82, 2.24) is 4.90 Å². The Morgan fingerprint density at radius 2 is 1.21 bits per heavy atom. The van der Waals surface area contributed by atoms with Crippen molar-refractivity contribution in [3.8, 4) is 34.1 Å². The number of phenolic OH excluding ortho intramolecular Hbond substituents is 2. The zero-order chi connectivity index (χ0) is 27.2. The molecule has 3 rings (SSSR count). The molecule has 2 N–H and O–H groups in total. The number of hydrogen-bond acceptors (Lipinski definition) is 5. The summed E-state index contributed by atoms with van der Waals surface area (Å²) in [5.74, 6) is 4.90. The minimum absolute atomic E-state index is 0.254. The van der Waals surface area contributed by atoms with Crippen molar-refractivity contribution in [2.24, 2.45) is 0 Å². The van der Waals surface area contributed by atoms with E-state index < -0.39 is 0 Å². The number of nitrogens with zero attached hydrogens (tertiary/aromatic N) is 1. The molecule has 0 saturated carbocycles. The van der Waals surface area contributed by atoms with Crippen LogP contribution in [0, 0.1) is 0 Å². The fraction of sp³-hybridized carbons (Fsp3) is 0.515. The molecule has 1 heterocycles. The number of rotatable bonds is 18. The number of hydrogen-bond donors (Lipinski definition) is 2. The van der Waals surface area contributed by atoms with Crippen molar-refractivity contribution in [2.45, 2.75) is 78.1 Å². The topological polar surface area (TPSA) is 56.8 Å². The lowest BCUT2D eigenvalue weighted by molar-refractivity contribution is 0.325. The number of unbranched alkanes of at least 4 members (excludes halogenated alkanes) is 5. The first-order chi connectivity index (χ1) is 18.5. The van der Waals surface area contributed by atoms with Gasteiger partial charge in [0.05, 0.1) is 0 Å². The minimum atomic E-state index is 0.254. The van der Waals surface area contributed by atoms with Gasteiger partial charge in [0.1, 0.15) is 23.0 Å². The van der Waals surface area contributed by atoms with Crippen LogP contribution in [0.25, 0.3) is 22.6 Å². The zero-order valence-electron chi connectivity index (χ0n) is 23.7. The highest BCUT2D eigenvalue weighted by Crippen LogP contribution is 2.39. The van der Waals surface area contributed by atoms with Gasteiger partial charge in [-0.15, -0.1) is 0 Å². The van der Waals surface area contributed by atoms with Gasteiger partial charge in [0.2, 0.25) is 0 Å². The Morgan fingerprint density at radius 3 is 1.82 bits per heavy atom. The summed E-state index contributed by atoms with van der Waals surface area (Å²) in [6.45, 7) is 6.82. The summed E-state index contributed by atoms with van der Waals surface area (Å²) in [7, 11) is 2.26. The van der Waals surface area contributed by atoms with Crippen molar-refractivity contribution in [3.63, 3.8) is 0 Å². The third kappa shape index (κ3) is 9.43. The molecule has 0 unspecified atom stereocenters. The fourth-order valence-electron chi connectivity index (χ4n) is 4.97. The maximum absolute atomic E-state index is 9.79. The smallest absolute Gasteiger partial charge is 0.138 e. The molecule has 0 fully saturated rings. The number of benzene rings is 2. The lowest BCUT2D eigenvalue weighted by Gasteiger charge is -2.16. The molecule has 208 valence electrons. The van der Waals surface area contributed by atoms with Crippen LogP contribution in [0.1, 0.15) is 76.3 Å². The van der Waals surface area contributed by atoms with Crippen molar-refractivity contribution in [3.05, 3.63) is 59.7 Å². The minimum Gasteiger partial charge on any atom is -0.508 e. The summed E-state index contributed by atoms with van der Waals surface area (Å²) in [5.41, 5.74) is 4.48.